The minimum atomic E-state index is -0.341. The second-order valence-electron chi connectivity index (χ2n) is 8.75. The zero-order chi connectivity index (χ0) is 23.0. The van der Waals surface area contributed by atoms with Crippen molar-refractivity contribution >= 4 is 28.8 Å². The number of nitrogens with one attached hydrogen (secondary N) is 1. The van der Waals surface area contributed by atoms with Gasteiger partial charge in [-0.25, -0.2) is 4.90 Å². The van der Waals surface area contributed by atoms with E-state index in [9.17, 15) is 9.59 Å². The summed E-state index contributed by atoms with van der Waals surface area (Å²) in [4.78, 5) is 28.5. The van der Waals surface area contributed by atoms with E-state index in [0.717, 1.165) is 27.9 Å². The monoisotopic (exact) mass is 424 g/mol. The molecular weight excluding hydrogens is 396 g/mol. The molecule has 4 heteroatoms. The number of carbonyl (C=O) groups excluding carboxylic acids is 2. The molecule has 32 heavy (non-hydrogen) atoms. The standard InChI is InChI=1S/C28H28N2O2/c1-17(2)21-12-14-23(15-13-21)29-26-25(22-10-7-18(3)8-11-22)27(31)30(28(26)32)24-16-19(4)6-9-20(24)5/h6-17,29H,1-5H3. The topological polar surface area (TPSA) is 49.4 Å². The molecule has 0 radical (unpaired) electrons. The number of anilines is 2. The Morgan fingerprint density at radius 2 is 1.38 bits per heavy atom. The zero-order valence-corrected chi connectivity index (χ0v) is 19.2. The van der Waals surface area contributed by atoms with E-state index in [2.05, 4.69) is 19.2 Å². The smallest absolute Gasteiger partial charge is 0.282 e. The molecular formula is C28H28N2O2. The first kappa shape index (κ1) is 21.6. The number of carbonyl (C=O) groups is 2. The van der Waals surface area contributed by atoms with Crippen LogP contribution < -0.4 is 10.2 Å². The van der Waals surface area contributed by atoms with Crippen LogP contribution in [-0.2, 0) is 9.59 Å². The molecule has 0 fully saturated rings. The van der Waals surface area contributed by atoms with Crippen LogP contribution in [0.25, 0.3) is 5.57 Å². The number of hydrogen-bond acceptors (Lipinski definition) is 3. The predicted molar refractivity (Wildman–Crippen MR) is 131 cm³/mol. The second-order valence-corrected chi connectivity index (χ2v) is 8.75. The van der Waals surface area contributed by atoms with Gasteiger partial charge in [-0.15, -0.1) is 0 Å². The molecule has 162 valence electrons. The fraction of sp³-hybridized carbons (Fsp3) is 0.214. The van der Waals surface area contributed by atoms with Crippen LogP contribution >= 0.6 is 0 Å². The average Bonchev–Trinajstić information content (AvgIpc) is 3.00. The molecule has 4 nitrogen and oxygen atoms in total. The molecule has 2 amide bonds. The Bertz CT molecular complexity index is 1220. The van der Waals surface area contributed by atoms with Crippen molar-refractivity contribution in [2.24, 2.45) is 0 Å². The highest BCUT2D eigenvalue weighted by atomic mass is 16.2. The van der Waals surface area contributed by atoms with Gasteiger partial charge in [0, 0.05) is 5.69 Å². The van der Waals surface area contributed by atoms with Crippen LogP contribution in [0, 0.1) is 20.8 Å². The van der Waals surface area contributed by atoms with Crippen molar-refractivity contribution in [3.63, 3.8) is 0 Å². The lowest BCUT2D eigenvalue weighted by Gasteiger charge is -2.18. The molecule has 0 spiro atoms. The molecule has 0 atom stereocenters. The Labute approximate surface area is 189 Å². The summed E-state index contributed by atoms with van der Waals surface area (Å²) in [5, 5.41) is 3.25. The summed E-state index contributed by atoms with van der Waals surface area (Å²) in [5.41, 5.74) is 7.00. The molecule has 1 aliphatic rings. The van der Waals surface area contributed by atoms with Crippen LogP contribution in [0.1, 0.15) is 47.6 Å². The Balaban J connectivity index is 1.81. The lowest BCUT2D eigenvalue weighted by Crippen LogP contribution is -2.33. The Morgan fingerprint density at radius 3 is 2.00 bits per heavy atom. The van der Waals surface area contributed by atoms with Crippen molar-refractivity contribution in [1.29, 1.82) is 0 Å². The van der Waals surface area contributed by atoms with Crippen molar-refractivity contribution in [2.45, 2.75) is 40.5 Å². The number of imide groups is 1. The summed E-state index contributed by atoms with van der Waals surface area (Å²) in [6.45, 7) is 10.1. The summed E-state index contributed by atoms with van der Waals surface area (Å²) in [6, 6.07) is 21.5. The van der Waals surface area contributed by atoms with Crippen molar-refractivity contribution < 1.29 is 9.59 Å². The van der Waals surface area contributed by atoms with E-state index < -0.39 is 0 Å². The van der Waals surface area contributed by atoms with Gasteiger partial charge in [-0.3, -0.25) is 9.59 Å². The fourth-order valence-electron chi connectivity index (χ4n) is 3.91. The number of aryl methyl sites for hydroxylation is 3. The fourth-order valence-corrected chi connectivity index (χ4v) is 3.91. The van der Waals surface area contributed by atoms with Crippen LogP contribution in [0.2, 0.25) is 0 Å². The van der Waals surface area contributed by atoms with Gasteiger partial charge in [0.1, 0.15) is 5.70 Å². The Kier molecular flexibility index (Phi) is 5.70. The summed E-state index contributed by atoms with van der Waals surface area (Å²) in [7, 11) is 0. The molecule has 0 aliphatic carbocycles. The quantitative estimate of drug-likeness (QED) is 0.501. The molecule has 3 aromatic carbocycles. The van der Waals surface area contributed by atoms with E-state index in [-0.39, 0.29) is 11.8 Å². The maximum absolute atomic E-state index is 13.6. The van der Waals surface area contributed by atoms with Crippen molar-refractivity contribution in [2.75, 3.05) is 10.2 Å². The maximum Gasteiger partial charge on any atom is 0.282 e. The summed E-state index contributed by atoms with van der Waals surface area (Å²) in [5.74, 6) is -0.234. The first-order valence-electron chi connectivity index (χ1n) is 10.9. The van der Waals surface area contributed by atoms with Crippen molar-refractivity contribution in [1.82, 2.24) is 0 Å². The average molecular weight is 425 g/mol. The molecule has 0 aromatic heterocycles. The van der Waals surface area contributed by atoms with E-state index in [1.807, 2.05) is 87.5 Å². The van der Waals surface area contributed by atoms with Gasteiger partial charge < -0.3 is 5.32 Å². The van der Waals surface area contributed by atoms with E-state index in [4.69, 9.17) is 0 Å². The van der Waals surface area contributed by atoms with E-state index in [1.165, 1.54) is 10.5 Å². The molecule has 0 saturated carbocycles. The number of benzene rings is 3. The van der Waals surface area contributed by atoms with Crippen LogP contribution in [0.15, 0.2) is 72.4 Å². The van der Waals surface area contributed by atoms with E-state index in [1.54, 1.807) is 0 Å². The largest absolute Gasteiger partial charge is 0.350 e. The highest BCUT2D eigenvalue weighted by Gasteiger charge is 2.40. The SMILES string of the molecule is Cc1ccc(C2=C(Nc3ccc(C(C)C)cc3)C(=O)N(c3cc(C)ccc3C)C2=O)cc1. The van der Waals surface area contributed by atoms with Crippen LogP contribution in [0.3, 0.4) is 0 Å². The molecule has 4 rings (SSSR count). The minimum Gasteiger partial charge on any atom is -0.350 e. The highest BCUT2D eigenvalue weighted by molar-refractivity contribution is 6.46. The summed E-state index contributed by atoms with van der Waals surface area (Å²) in [6.07, 6.45) is 0. The van der Waals surface area contributed by atoms with Gasteiger partial charge >= 0.3 is 0 Å². The lowest BCUT2D eigenvalue weighted by molar-refractivity contribution is -0.120. The molecule has 0 unspecified atom stereocenters. The third-order valence-corrected chi connectivity index (χ3v) is 5.88. The van der Waals surface area contributed by atoms with Gasteiger partial charge in [0.25, 0.3) is 11.8 Å². The van der Waals surface area contributed by atoms with Gasteiger partial charge in [0.05, 0.1) is 11.3 Å². The van der Waals surface area contributed by atoms with Crippen molar-refractivity contribution in [3.05, 3.63) is 100 Å². The highest BCUT2D eigenvalue weighted by Crippen LogP contribution is 2.35. The molecule has 1 aliphatic heterocycles. The predicted octanol–water partition coefficient (Wildman–Crippen LogP) is 6.13. The van der Waals surface area contributed by atoms with Gasteiger partial charge in [0.2, 0.25) is 0 Å². The number of rotatable bonds is 5. The number of nitrogens with zero attached hydrogens (tertiary/aromatic N) is 1. The first-order valence-corrected chi connectivity index (χ1v) is 10.9. The Hall–Kier alpha value is -3.66. The molecule has 3 aromatic rings. The second kappa shape index (κ2) is 8.46. The molecule has 1 N–H and O–H groups in total. The maximum atomic E-state index is 13.6. The Morgan fingerprint density at radius 1 is 0.750 bits per heavy atom. The van der Waals surface area contributed by atoms with Gasteiger partial charge in [-0.2, -0.15) is 0 Å². The van der Waals surface area contributed by atoms with Gasteiger partial charge in [-0.05, 0) is 67.1 Å². The van der Waals surface area contributed by atoms with Gasteiger partial charge in [-0.1, -0.05) is 67.9 Å². The summed E-state index contributed by atoms with van der Waals surface area (Å²) < 4.78 is 0. The first-order chi connectivity index (χ1) is 15.3. The number of amides is 2. The summed E-state index contributed by atoms with van der Waals surface area (Å²) >= 11 is 0. The molecule has 0 saturated heterocycles. The number of hydrogen-bond donors (Lipinski definition) is 1. The third kappa shape index (κ3) is 3.96. The normalized spacial score (nSPS) is 14.0. The van der Waals surface area contributed by atoms with Crippen LogP contribution in [0.4, 0.5) is 11.4 Å². The van der Waals surface area contributed by atoms with Crippen LogP contribution in [-0.4, -0.2) is 11.8 Å². The van der Waals surface area contributed by atoms with E-state index in [0.29, 0.717) is 22.9 Å². The molecule has 1 heterocycles. The van der Waals surface area contributed by atoms with Crippen LogP contribution in [0.5, 0.6) is 0 Å². The minimum absolute atomic E-state index is 0.303. The third-order valence-electron chi connectivity index (χ3n) is 5.88. The lowest BCUT2D eigenvalue weighted by atomic mass is 10.0. The van der Waals surface area contributed by atoms with Gasteiger partial charge in [0.15, 0.2) is 0 Å². The zero-order valence-electron chi connectivity index (χ0n) is 19.2. The van der Waals surface area contributed by atoms with Crippen molar-refractivity contribution in [3.8, 4) is 0 Å². The molecule has 0 bridgehead atoms. The van der Waals surface area contributed by atoms with E-state index >= 15 is 0 Å².